The maximum absolute atomic E-state index is 12.2. The lowest BCUT2D eigenvalue weighted by molar-refractivity contribution is 0.0906. The molecule has 0 saturated heterocycles. The minimum absolute atomic E-state index is 0.0285. The van der Waals surface area contributed by atoms with Gasteiger partial charge in [-0.15, -0.1) is 0 Å². The molecule has 1 heterocycles. The number of carbonyl (C=O) groups is 1. The summed E-state index contributed by atoms with van der Waals surface area (Å²) in [5, 5.41) is 3.96. The average Bonchev–Trinajstić information content (AvgIpc) is 2.73. The molecule has 4 N–H and O–H groups in total. The fraction of sp³-hybridized carbons (Fsp3) is 0.400. The van der Waals surface area contributed by atoms with Crippen LogP contribution in [0.1, 0.15) is 38.2 Å². The summed E-state index contributed by atoms with van der Waals surface area (Å²) in [5.41, 5.74) is 7.92. The second kappa shape index (κ2) is 4.61. The summed E-state index contributed by atoms with van der Waals surface area (Å²) in [6, 6.07) is 7.55. The molecule has 1 atom stereocenters. The topological polar surface area (TPSA) is 70.9 Å². The Kier molecular flexibility index (Phi) is 3.27. The van der Waals surface area contributed by atoms with Crippen molar-refractivity contribution in [3.05, 3.63) is 30.0 Å². The number of fused-ring (bicyclic) bond motifs is 1. The van der Waals surface area contributed by atoms with E-state index in [4.69, 9.17) is 5.73 Å². The first kappa shape index (κ1) is 13.5. The minimum Gasteiger partial charge on any atom is -0.397 e. The van der Waals surface area contributed by atoms with Gasteiger partial charge in [-0.25, -0.2) is 0 Å². The average molecular weight is 259 g/mol. The third kappa shape index (κ3) is 2.72. The van der Waals surface area contributed by atoms with Gasteiger partial charge < -0.3 is 16.0 Å². The molecule has 4 nitrogen and oxygen atoms in total. The maximum atomic E-state index is 12.2. The van der Waals surface area contributed by atoms with Crippen LogP contribution in [0.25, 0.3) is 10.9 Å². The predicted molar refractivity (Wildman–Crippen MR) is 79.1 cm³/mol. The summed E-state index contributed by atoms with van der Waals surface area (Å²) in [4.78, 5) is 15.3. The second-order valence-electron chi connectivity index (χ2n) is 6.06. The molecule has 2 rings (SSSR count). The number of para-hydroxylation sites is 1. The Morgan fingerprint density at radius 2 is 2.05 bits per heavy atom. The van der Waals surface area contributed by atoms with Crippen LogP contribution in [0.4, 0.5) is 5.69 Å². The number of amides is 1. The molecule has 0 aliphatic rings. The fourth-order valence-electron chi connectivity index (χ4n) is 1.79. The van der Waals surface area contributed by atoms with E-state index in [1.54, 1.807) is 0 Å². The van der Waals surface area contributed by atoms with Crippen molar-refractivity contribution < 1.29 is 4.79 Å². The summed E-state index contributed by atoms with van der Waals surface area (Å²) in [6.07, 6.45) is 0. The molecule has 1 amide bonds. The van der Waals surface area contributed by atoms with Crippen LogP contribution in [0.5, 0.6) is 0 Å². The highest BCUT2D eigenvalue weighted by molar-refractivity contribution is 6.00. The summed E-state index contributed by atoms with van der Waals surface area (Å²) < 4.78 is 0. The Morgan fingerprint density at radius 3 is 2.63 bits per heavy atom. The van der Waals surface area contributed by atoms with E-state index in [2.05, 4.69) is 31.1 Å². The van der Waals surface area contributed by atoms with E-state index in [9.17, 15) is 4.79 Å². The lowest BCUT2D eigenvalue weighted by atomic mass is 9.88. The summed E-state index contributed by atoms with van der Waals surface area (Å²) >= 11 is 0. The number of aromatic amines is 1. The third-order valence-corrected chi connectivity index (χ3v) is 3.58. The molecule has 102 valence electrons. The highest BCUT2D eigenvalue weighted by atomic mass is 16.1. The number of carbonyl (C=O) groups excluding carboxylic acids is 1. The number of nitrogens with two attached hydrogens (primary N) is 1. The first-order valence-electron chi connectivity index (χ1n) is 6.47. The number of benzene rings is 1. The molecule has 0 bridgehead atoms. The molecule has 0 saturated carbocycles. The van der Waals surface area contributed by atoms with Gasteiger partial charge >= 0.3 is 0 Å². The molecule has 0 radical (unpaired) electrons. The van der Waals surface area contributed by atoms with Crippen molar-refractivity contribution in [2.24, 2.45) is 5.41 Å². The van der Waals surface area contributed by atoms with Crippen molar-refractivity contribution in [3.63, 3.8) is 0 Å². The van der Waals surface area contributed by atoms with Gasteiger partial charge in [-0.1, -0.05) is 32.9 Å². The van der Waals surface area contributed by atoms with Gasteiger partial charge in [-0.2, -0.15) is 0 Å². The Morgan fingerprint density at radius 1 is 1.37 bits per heavy atom. The predicted octanol–water partition coefficient (Wildman–Crippen LogP) is 2.91. The summed E-state index contributed by atoms with van der Waals surface area (Å²) in [5.74, 6) is -0.0991. The van der Waals surface area contributed by atoms with E-state index in [1.807, 2.05) is 31.2 Å². The molecule has 2 aromatic rings. The van der Waals surface area contributed by atoms with Crippen LogP contribution in [0, 0.1) is 5.41 Å². The molecule has 1 unspecified atom stereocenters. The highest BCUT2D eigenvalue weighted by Crippen LogP contribution is 2.22. The Hall–Kier alpha value is -1.97. The van der Waals surface area contributed by atoms with Crippen LogP contribution < -0.4 is 11.1 Å². The van der Waals surface area contributed by atoms with Gasteiger partial charge in [-0.05, 0) is 24.5 Å². The fourth-order valence-corrected chi connectivity index (χ4v) is 1.79. The molecule has 0 aliphatic heterocycles. The zero-order valence-electron chi connectivity index (χ0n) is 11.9. The van der Waals surface area contributed by atoms with Crippen LogP contribution >= 0.6 is 0 Å². The van der Waals surface area contributed by atoms with E-state index >= 15 is 0 Å². The van der Waals surface area contributed by atoms with Gasteiger partial charge in [-0.3, -0.25) is 4.79 Å². The smallest absolute Gasteiger partial charge is 0.267 e. The molecular weight excluding hydrogens is 238 g/mol. The van der Waals surface area contributed by atoms with Gasteiger partial charge in [0.05, 0.1) is 11.2 Å². The molecule has 0 aliphatic carbocycles. The molecule has 0 fully saturated rings. The lowest BCUT2D eigenvalue weighted by Crippen LogP contribution is -2.41. The zero-order valence-corrected chi connectivity index (χ0v) is 11.9. The lowest BCUT2D eigenvalue weighted by Gasteiger charge is -2.27. The van der Waals surface area contributed by atoms with Gasteiger partial charge in [0.2, 0.25) is 0 Å². The Labute approximate surface area is 113 Å². The number of H-pyrrole nitrogens is 1. The maximum Gasteiger partial charge on any atom is 0.267 e. The van der Waals surface area contributed by atoms with E-state index in [0.29, 0.717) is 11.4 Å². The van der Waals surface area contributed by atoms with Crippen molar-refractivity contribution in [3.8, 4) is 0 Å². The number of nitrogen functional groups attached to an aromatic ring is 1. The number of anilines is 1. The van der Waals surface area contributed by atoms with Gasteiger partial charge in [0.15, 0.2) is 0 Å². The molecule has 4 heteroatoms. The van der Waals surface area contributed by atoms with E-state index in [1.165, 1.54) is 0 Å². The summed E-state index contributed by atoms with van der Waals surface area (Å²) in [7, 11) is 0. The van der Waals surface area contributed by atoms with Crippen LogP contribution in [0.2, 0.25) is 0 Å². The van der Waals surface area contributed by atoms with E-state index in [0.717, 1.165) is 10.9 Å². The standard InChI is InChI=1S/C15H21N3O/c1-9(15(2,3)4)17-14(19)12-8-10-6-5-7-11(16)13(10)18-12/h5-9,18H,16H2,1-4H3,(H,17,19). The minimum atomic E-state index is -0.0991. The Bertz CT molecular complexity index is 607. The number of nitrogens with one attached hydrogen (secondary N) is 2. The second-order valence-corrected chi connectivity index (χ2v) is 6.06. The van der Waals surface area contributed by atoms with Crippen molar-refractivity contribution in [2.75, 3.05) is 5.73 Å². The van der Waals surface area contributed by atoms with Crippen molar-refractivity contribution in [1.29, 1.82) is 0 Å². The molecular formula is C15H21N3O. The largest absolute Gasteiger partial charge is 0.397 e. The van der Waals surface area contributed by atoms with Gasteiger partial charge in [0, 0.05) is 11.4 Å². The van der Waals surface area contributed by atoms with Crippen LogP contribution in [0.3, 0.4) is 0 Å². The quantitative estimate of drug-likeness (QED) is 0.726. The normalized spacial score (nSPS) is 13.5. The van der Waals surface area contributed by atoms with Gasteiger partial charge in [0.25, 0.3) is 5.91 Å². The van der Waals surface area contributed by atoms with Gasteiger partial charge in [0.1, 0.15) is 5.69 Å². The van der Waals surface area contributed by atoms with E-state index < -0.39 is 0 Å². The third-order valence-electron chi connectivity index (χ3n) is 3.58. The molecule has 19 heavy (non-hydrogen) atoms. The molecule has 0 spiro atoms. The van der Waals surface area contributed by atoms with Crippen molar-refractivity contribution >= 4 is 22.5 Å². The first-order chi connectivity index (χ1) is 8.79. The SMILES string of the molecule is CC(NC(=O)c1cc2cccc(N)c2[nH]1)C(C)(C)C. The monoisotopic (exact) mass is 259 g/mol. The van der Waals surface area contributed by atoms with E-state index in [-0.39, 0.29) is 17.4 Å². The number of hydrogen-bond donors (Lipinski definition) is 3. The molecule has 1 aromatic heterocycles. The highest BCUT2D eigenvalue weighted by Gasteiger charge is 2.22. The van der Waals surface area contributed by atoms with Crippen LogP contribution in [-0.2, 0) is 0 Å². The Balaban J connectivity index is 2.25. The van der Waals surface area contributed by atoms with Crippen LogP contribution in [-0.4, -0.2) is 16.9 Å². The molecule has 1 aromatic carbocycles. The van der Waals surface area contributed by atoms with Crippen LogP contribution in [0.15, 0.2) is 24.3 Å². The van der Waals surface area contributed by atoms with Crippen molar-refractivity contribution in [1.82, 2.24) is 10.3 Å². The number of aromatic nitrogens is 1. The zero-order chi connectivity index (χ0) is 14.2. The first-order valence-corrected chi connectivity index (χ1v) is 6.47. The number of hydrogen-bond acceptors (Lipinski definition) is 2. The number of rotatable bonds is 2. The summed E-state index contributed by atoms with van der Waals surface area (Å²) in [6.45, 7) is 8.30. The van der Waals surface area contributed by atoms with Crippen molar-refractivity contribution in [2.45, 2.75) is 33.7 Å².